The third-order valence-corrected chi connectivity index (χ3v) is 16.9. The Balaban J connectivity index is 1.41. The second kappa shape index (κ2) is 52.3. The Hall–Kier alpha value is -3.03. The fourth-order valence-corrected chi connectivity index (χ4v) is 11.3. The van der Waals surface area contributed by atoms with Crippen LogP contribution in [0.2, 0.25) is 0 Å². The number of aliphatic hydroxyl groups is 11. The number of unbranched alkanes of at least 4 members (excludes halogenated alkanes) is 24. The van der Waals surface area contributed by atoms with Crippen molar-refractivity contribution in [3.63, 3.8) is 0 Å². The zero-order valence-electron chi connectivity index (χ0n) is 54.8. The molecular formula is C71H123NO18. The van der Waals surface area contributed by atoms with E-state index in [0.717, 1.165) is 44.9 Å². The smallest absolute Gasteiger partial charge is 0.220 e. The number of hydrogen-bond acceptors (Lipinski definition) is 18. The number of allylic oxidation sites excluding steroid dienone is 13. The Labute approximate surface area is 540 Å². The largest absolute Gasteiger partial charge is 0.394 e. The van der Waals surface area contributed by atoms with Crippen LogP contribution < -0.4 is 5.32 Å². The Morgan fingerprint density at radius 2 is 0.778 bits per heavy atom. The highest BCUT2D eigenvalue weighted by atomic mass is 16.8. The van der Waals surface area contributed by atoms with Crippen molar-refractivity contribution in [1.29, 1.82) is 0 Å². The number of carbonyl (C=O) groups excluding carboxylic acids is 1. The van der Waals surface area contributed by atoms with Gasteiger partial charge >= 0.3 is 0 Å². The lowest BCUT2D eigenvalue weighted by Crippen LogP contribution is -2.66. The standard InChI is InChI=1S/C71H123NO18/c1-3-5-7-9-11-13-15-17-18-19-20-21-22-23-24-25-26-27-28-29-30-31-32-33-34-35-37-38-40-42-44-46-48-55(76)54(72-59(77)49-47-45-43-41-39-36-16-14-12-10-8-6-4-2)53-85-69-65(83)62(80)67(57(51-74)87-69)90-71-66(84)63(81)68(58(52-75)88-71)89-70-64(82)61(79)60(78)56(50-73)86-70/h6,8,12,14,33-34,36,38-40,43,45-46,48,54-58,60-71,73-76,78-84H,3-5,7,9-11,13,15-32,35,37,41-42,44,47,49-53H2,1-2H3,(H,72,77)/b8-6-,14-12-,34-33+,39-36-,40-38+,45-43-,48-46+. The maximum Gasteiger partial charge on any atom is 0.220 e. The molecule has 0 saturated carbocycles. The summed E-state index contributed by atoms with van der Waals surface area (Å²) in [6.45, 7) is 1.52. The second-order valence-corrected chi connectivity index (χ2v) is 24.6. The summed E-state index contributed by atoms with van der Waals surface area (Å²) in [5.74, 6) is -0.372. The Morgan fingerprint density at radius 1 is 0.411 bits per heavy atom. The zero-order chi connectivity index (χ0) is 65.4. The number of aliphatic hydroxyl groups excluding tert-OH is 11. The van der Waals surface area contributed by atoms with Gasteiger partial charge in [-0.25, -0.2) is 0 Å². The summed E-state index contributed by atoms with van der Waals surface area (Å²) in [5, 5.41) is 120. The molecule has 3 aliphatic heterocycles. The van der Waals surface area contributed by atoms with E-state index in [-0.39, 0.29) is 12.3 Å². The summed E-state index contributed by atoms with van der Waals surface area (Å²) in [5.41, 5.74) is 0. The van der Waals surface area contributed by atoms with Crippen molar-refractivity contribution in [2.75, 3.05) is 26.4 Å². The molecule has 12 N–H and O–H groups in total. The Kier molecular flexibility index (Phi) is 47.2. The van der Waals surface area contributed by atoms with Gasteiger partial charge in [0.1, 0.15) is 73.2 Å². The van der Waals surface area contributed by atoms with E-state index < -0.39 is 131 Å². The average Bonchev–Trinajstić information content (AvgIpc) is 0.851. The average molecular weight is 1280 g/mol. The molecule has 3 fully saturated rings. The van der Waals surface area contributed by atoms with Gasteiger partial charge in [-0.2, -0.15) is 0 Å². The molecule has 0 spiro atoms. The van der Waals surface area contributed by atoms with E-state index in [1.54, 1.807) is 6.08 Å². The van der Waals surface area contributed by atoms with Crippen LogP contribution in [0.5, 0.6) is 0 Å². The maximum atomic E-state index is 13.3. The van der Waals surface area contributed by atoms with Crippen LogP contribution in [0.15, 0.2) is 85.1 Å². The predicted molar refractivity (Wildman–Crippen MR) is 351 cm³/mol. The third-order valence-electron chi connectivity index (χ3n) is 16.9. The van der Waals surface area contributed by atoms with Gasteiger partial charge in [0.25, 0.3) is 0 Å². The van der Waals surface area contributed by atoms with E-state index in [2.05, 4.69) is 79.9 Å². The SMILES string of the molecule is CC/C=C\C/C=C\C/C=C\C/C=C\CCC(=O)NC(COC1OC(CO)C(OC2OC(CO)C(OC3OC(CO)C(O)C(O)C3O)C(O)C2O)C(O)C1O)C(O)/C=C/CC/C=C/CC/C=C/CCCCCCCCCCCCCCCCCCCCCCCC. The lowest BCUT2D eigenvalue weighted by atomic mass is 9.96. The van der Waals surface area contributed by atoms with Gasteiger partial charge in [-0.3, -0.25) is 4.79 Å². The van der Waals surface area contributed by atoms with Crippen LogP contribution >= 0.6 is 0 Å². The van der Waals surface area contributed by atoms with Crippen molar-refractivity contribution >= 4 is 5.91 Å². The summed E-state index contributed by atoms with van der Waals surface area (Å²) in [4.78, 5) is 13.3. The molecule has 17 unspecified atom stereocenters. The Morgan fingerprint density at radius 3 is 1.23 bits per heavy atom. The van der Waals surface area contributed by atoms with Crippen LogP contribution in [0.1, 0.15) is 226 Å². The van der Waals surface area contributed by atoms with Gasteiger partial charge in [-0.1, -0.05) is 234 Å². The zero-order valence-corrected chi connectivity index (χ0v) is 54.8. The van der Waals surface area contributed by atoms with Crippen LogP contribution in [0.3, 0.4) is 0 Å². The molecule has 0 aromatic heterocycles. The van der Waals surface area contributed by atoms with E-state index in [1.165, 1.54) is 141 Å². The molecule has 520 valence electrons. The fourth-order valence-electron chi connectivity index (χ4n) is 11.3. The van der Waals surface area contributed by atoms with Gasteiger partial charge in [0.2, 0.25) is 5.91 Å². The third kappa shape index (κ3) is 33.9. The van der Waals surface area contributed by atoms with Crippen LogP contribution in [0.25, 0.3) is 0 Å². The highest BCUT2D eigenvalue weighted by Crippen LogP contribution is 2.33. The van der Waals surface area contributed by atoms with Gasteiger partial charge in [-0.15, -0.1) is 0 Å². The molecule has 0 aromatic carbocycles. The van der Waals surface area contributed by atoms with E-state index in [1.807, 2.05) is 18.2 Å². The first-order chi connectivity index (χ1) is 43.8. The van der Waals surface area contributed by atoms with Crippen molar-refractivity contribution in [3.05, 3.63) is 85.1 Å². The summed E-state index contributed by atoms with van der Waals surface area (Å²) in [6, 6.07) is -1.04. The van der Waals surface area contributed by atoms with Crippen molar-refractivity contribution in [2.24, 2.45) is 0 Å². The van der Waals surface area contributed by atoms with Crippen molar-refractivity contribution < 1.29 is 89.4 Å². The molecular weight excluding hydrogens is 1150 g/mol. The van der Waals surface area contributed by atoms with Gasteiger partial charge in [0.05, 0.1) is 38.6 Å². The topological polar surface area (TPSA) is 307 Å². The minimum Gasteiger partial charge on any atom is -0.394 e. The van der Waals surface area contributed by atoms with Gasteiger partial charge < -0.3 is 89.9 Å². The van der Waals surface area contributed by atoms with Crippen LogP contribution in [0, 0.1) is 0 Å². The van der Waals surface area contributed by atoms with Crippen LogP contribution in [0.4, 0.5) is 0 Å². The lowest BCUT2D eigenvalue weighted by molar-refractivity contribution is -0.379. The number of nitrogens with one attached hydrogen (secondary N) is 1. The van der Waals surface area contributed by atoms with Crippen LogP contribution in [-0.4, -0.2) is 193 Å². The van der Waals surface area contributed by atoms with Gasteiger partial charge in [0, 0.05) is 6.42 Å². The minimum absolute atomic E-state index is 0.106. The number of hydrogen-bond donors (Lipinski definition) is 12. The highest BCUT2D eigenvalue weighted by molar-refractivity contribution is 5.76. The second-order valence-electron chi connectivity index (χ2n) is 24.6. The number of carbonyl (C=O) groups is 1. The van der Waals surface area contributed by atoms with Gasteiger partial charge in [0.15, 0.2) is 18.9 Å². The molecule has 19 heteroatoms. The molecule has 19 nitrogen and oxygen atoms in total. The van der Waals surface area contributed by atoms with Crippen LogP contribution in [-0.2, 0) is 33.2 Å². The number of rotatable bonds is 52. The van der Waals surface area contributed by atoms with E-state index >= 15 is 0 Å². The first kappa shape index (κ1) is 81.2. The molecule has 0 aromatic rings. The lowest BCUT2D eigenvalue weighted by Gasteiger charge is -2.48. The molecule has 3 heterocycles. The molecule has 17 atom stereocenters. The molecule has 0 radical (unpaired) electrons. The van der Waals surface area contributed by atoms with E-state index in [9.17, 15) is 61.0 Å². The number of ether oxygens (including phenoxy) is 6. The molecule has 1 amide bonds. The molecule has 90 heavy (non-hydrogen) atoms. The first-order valence-corrected chi connectivity index (χ1v) is 34.8. The molecule has 0 bridgehead atoms. The number of amides is 1. The molecule has 3 aliphatic rings. The normalized spacial score (nSPS) is 28.6. The summed E-state index contributed by atoms with van der Waals surface area (Å²) < 4.78 is 34.2. The summed E-state index contributed by atoms with van der Waals surface area (Å²) in [6.07, 6.45) is 40.5. The van der Waals surface area contributed by atoms with E-state index in [0.29, 0.717) is 19.3 Å². The first-order valence-electron chi connectivity index (χ1n) is 34.8. The quantitative estimate of drug-likeness (QED) is 0.0200. The van der Waals surface area contributed by atoms with E-state index in [4.69, 9.17) is 28.4 Å². The Bertz CT molecular complexity index is 1960. The molecule has 0 aliphatic carbocycles. The predicted octanol–water partition coefficient (Wildman–Crippen LogP) is 9.10. The highest BCUT2D eigenvalue weighted by Gasteiger charge is 2.53. The maximum absolute atomic E-state index is 13.3. The summed E-state index contributed by atoms with van der Waals surface area (Å²) >= 11 is 0. The van der Waals surface area contributed by atoms with Crippen molar-refractivity contribution in [1.82, 2.24) is 5.32 Å². The molecule has 3 rings (SSSR count). The molecule has 3 saturated heterocycles. The van der Waals surface area contributed by atoms with Crippen molar-refractivity contribution in [3.8, 4) is 0 Å². The van der Waals surface area contributed by atoms with Crippen molar-refractivity contribution in [2.45, 2.75) is 330 Å². The summed E-state index contributed by atoms with van der Waals surface area (Å²) in [7, 11) is 0. The van der Waals surface area contributed by atoms with Gasteiger partial charge in [-0.05, 0) is 70.6 Å². The fraction of sp³-hybridized carbons (Fsp3) is 0.789. The monoisotopic (exact) mass is 1280 g/mol. The minimum atomic E-state index is -1.99.